The molecule has 1 atom stereocenters. The van der Waals surface area contributed by atoms with E-state index in [-0.39, 0.29) is 17.3 Å². The fourth-order valence-electron chi connectivity index (χ4n) is 5.04. The summed E-state index contributed by atoms with van der Waals surface area (Å²) in [4.78, 5) is 38.1. The number of aromatic amines is 1. The first kappa shape index (κ1) is 28.4. The van der Waals surface area contributed by atoms with Gasteiger partial charge in [-0.2, -0.15) is 5.26 Å². The Labute approximate surface area is 238 Å². The molecule has 214 valence electrons. The Morgan fingerprint density at radius 1 is 1.24 bits per heavy atom. The molecule has 9 nitrogen and oxygen atoms in total. The van der Waals surface area contributed by atoms with Crippen LogP contribution in [-0.4, -0.2) is 66.6 Å². The molecule has 3 aromatic rings. The molecule has 1 amide bonds. The molecule has 2 aliphatic heterocycles. The van der Waals surface area contributed by atoms with Crippen LogP contribution < -0.4 is 20.7 Å². The molecule has 41 heavy (non-hydrogen) atoms. The molecule has 0 aliphatic carbocycles. The van der Waals surface area contributed by atoms with Gasteiger partial charge >= 0.3 is 0 Å². The van der Waals surface area contributed by atoms with Gasteiger partial charge < -0.3 is 25.0 Å². The highest BCUT2D eigenvalue weighted by atomic mass is 32.1. The molecule has 0 spiro atoms. The number of hydrogen-bond acceptors (Lipinski definition) is 8. The van der Waals surface area contributed by atoms with Gasteiger partial charge in [-0.3, -0.25) is 9.59 Å². The lowest BCUT2D eigenvalue weighted by atomic mass is 9.97. The van der Waals surface area contributed by atoms with Gasteiger partial charge in [0.15, 0.2) is 5.13 Å². The molecule has 0 radical (unpaired) electrons. The Balaban J connectivity index is 1.49. The number of thiazole rings is 1. The van der Waals surface area contributed by atoms with E-state index < -0.39 is 29.3 Å². The standard InChI is InChI=1S/C28H28F3N7O2S/c1-16-15-38(8-7-36(16)2)24-11-22(29)19(17-3-5-37(6-4-17)28-34-13-18(12-32)41-28)9-23(24)35-27(40)21-14-33-25(39)10-20(21)26(30)31/h3,9-11,13-14,16,26H,4-8,15H2,1-2H3,(H,33,39)(H,35,40)/t16-/m1/s1. The number of alkyl halides is 2. The van der Waals surface area contributed by atoms with Gasteiger partial charge in [-0.25, -0.2) is 18.2 Å². The van der Waals surface area contributed by atoms with Gasteiger partial charge in [0.2, 0.25) is 5.56 Å². The van der Waals surface area contributed by atoms with E-state index in [1.807, 2.05) is 29.8 Å². The van der Waals surface area contributed by atoms with Crippen molar-refractivity contribution in [2.45, 2.75) is 25.8 Å². The first-order chi connectivity index (χ1) is 19.6. The van der Waals surface area contributed by atoms with Gasteiger partial charge in [0, 0.05) is 62.2 Å². The summed E-state index contributed by atoms with van der Waals surface area (Å²) in [5.74, 6) is -1.29. The highest BCUT2D eigenvalue weighted by Gasteiger charge is 2.27. The second-order valence-electron chi connectivity index (χ2n) is 10.1. The van der Waals surface area contributed by atoms with E-state index in [2.05, 4.69) is 26.3 Å². The summed E-state index contributed by atoms with van der Waals surface area (Å²) >= 11 is 1.29. The van der Waals surface area contributed by atoms with Crippen molar-refractivity contribution >= 4 is 39.3 Å². The predicted molar refractivity (Wildman–Crippen MR) is 152 cm³/mol. The fraction of sp³-hybridized carbons (Fsp3) is 0.357. The molecule has 4 heterocycles. The number of hydrogen-bond donors (Lipinski definition) is 2. The summed E-state index contributed by atoms with van der Waals surface area (Å²) < 4.78 is 43.0. The number of anilines is 3. The Morgan fingerprint density at radius 2 is 2.05 bits per heavy atom. The van der Waals surface area contributed by atoms with Crippen molar-refractivity contribution in [3.63, 3.8) is 0 Å². The number of nitrogens with zero attached hydrogens (tertiary/aromatic N) is 5. The third-order valence-corrected chi connectivity index (χ3v) is 8.46. The number of H-pyrrole nitrogens is 1. The lowest BCUT2D eigenvalue weighted by molar-refractivity contribution is 0.101. The first-order valence-electron chi connectivity index (χ1n) is 13.1. The number of halogens is 3. The van der Waals surface area contributed by atoms with Gasteiger partial charge in [0.05, 0.1) is 23.1 Å². The highest BCUT2D eigenvalue weighted by Crippen LogP contribution is 2.36. The summed E-state index contributed by atoms with van der Waals surface area (Å²) in [5, 5.41) is 12.5. The molecule has 0 unspecified atom stereocenters. The minimum absolute atomic E-state index is 0.166. The monoisotopic (exact) mass is 583 g/mol. The van der Waals surface area contributed by atoms with Crippen LogP contribution in [0.3, 0.4) is 0 Å². The van der Waals surface area contributed by atoms with Gasteiger partial charge in [0.1, 0.15) is 16.8 Å². The summed E-state index contributed by atoms with van der Waals surface area (Å²) in [6, 6.07) is 5.89. The molecule has 0 bridgehead atoms. The van der Waals surface area contributed by atoms with E-state index in [9.17, 15) is 18.4 Å². The first-order valence-corrected chi connectivity index (χ1v) is 13.9. The van der Waals surface area contributed by atoms with Crippen molar-refractivity contribution in [1.82, 2.24) is 14.9 Å². The zero-order valence-corrected chi connectivity index (χ0v) is 23.3. The minimum atomic E-state index is -3.03. The number of pyridine rings is 1. The topological polar surface area (TPSA) is 108 Å². The summed E-state index contributed by atoms with van der Waals surface area (Å²) in [7, 11) is 2.00. The van der Waals surface area contributed by atoms with E-state index in [0.29, 0.717) is 59.9 Å². The smallest absolute Gasteiger partial charge is 0.264 e. The summed E-state index contributed by atoms with van der Waals surface area (Å²) in [6.45, 7) is 4.94. The van der Waals surface area contributed by atoms with E-state index in [1.54, 1.807) is 6.07 Å². The van der Waals surface area contributed by atoms with E-state index in [0.717, 1.165) is 18.3 Å². The molecule has 0 saturated carbocycles. The Morgan fingerprint density at radius 3 is 2.71 bits per heavy atom. The molecular formula is C28H28F3N7O2S. The zero-order valence-electron chi connectivity index (χ0n) is 22.5. The molecule has 1 fully saturated rings. The van der Waals surface area contributed by atoms with Crippen LogP contribution in [0.2, 0.25) is 0 Å². The number of piperazine rings is 1. The van der Waals surface area contributed by atoms with Crippen molar-refractivity contribution in [3.05, 3.63) is 74.4 Å². The number of nitriles is 1. The number of benzene rings is 1. The van der Waals surface area contributed by atoms with Crippen LogP contribution in [0.1, 0.15) is 46.1 Å². The molecule has 2 aromatic heterocycles. The van der Waals surface area contributed by atoms with Crippen LogP contribution in [0, 0.1) is 17.1 Å². The number of likely N-dealkylation sites (N-methyl/N-ethyl adjacent to an activating group) is 1. The number of rotatable bonds is 6. The van der Waals surface area contributed by atoms with Gasteiger partial charge in [-0.15, -0.1) is 0 Å². The molecule has 1 aromatic carbocycles. The third-order valence-electron chi connectivity index (χ3n) is 7.50. The maximum Gasteiger partial charge on any atom is 0.264 e. The normalized spacial score (nSPS) is 17.9. The largest absolute Gasteiger partial charge is 0.367 e. The molecule has 5 rings (SSSR count). The van der Waals surface area contributed by atoms with E-state index in [4.69, 9.17) is 5.26 Å². The number of carbonyl (C=O) groups excluding carboxylic acids is 1. The lowest BCUT2D eigenvalue weighted by Gasteiger charge is -2.40. The average Bonchev–Trinajstić information content (AvgIpc) is 3.45. The van der Waals surface area contributed by atoms with Crippen LogP contribution >= 0.6 is 11.3 Å². The highest BCUT2D eigenvalue weighted by molar-refractivity contribution is 7.16. The average molecular weight is 584 g/mol. The van der Waals surface area contributed by atoms with Gasteiger partial charge in [-0.1, -0.05) is 17.4 Å². The van der Waals surface area contributed by atoms with E-state index >= 15 is 4.39 Å². The second-order valence-corrected chi connectivity index (χ2v) is 11.1. The van der Waals surface area contributed by atoms with Crippen LogP contribution in [-0.2, 0) is 0 Å². The van der Waals surface area contributed by atoms with Crippen molar-refractivity contribution in [3.8, 4) is 6.07 Å². The fourth-order valence-corrected chi connectivity index (χ4v) is 5.79. The number of aromatic nitrogens is 2. The number of amides is 1. The van der Waals surface area contributed by atoms with Crippen molar-refractivity contribution in [2.24, 2.45) is 0 Å². The minimum Gasteiger partial charge on any atom is -0.367 e. The lowest BCUT2D eigenvalue weighted by Crippen LogP contribution is -2.50. The van der Waals surface area contributed by atoms with Crippen LogP contribution in [0.25, 0.3) is 5.57 Å². The molecule has 2 N–H and O–H groups in total. The third kappa shape index (κ3) is 5.98. The zero-order chi connectivity index (χ0) is 29.3. The summed E-state index contributed by atoms with van der Waals surface area (Å²) in [5.41, 5.74) is -0.00641. The number of nitrogens with one attached hydrogen (secondary N) is 2. The van der Waals surface area contributed by atoms with Crippen LogP contribution in [0.15, 0.2) is 41.5 Å². The van der Waals surface area contributed by atoms with Crippen LogP contribution in [0.5, 0.6) is 0 Å². The maximum absolute atomic E-state index is 15.7. The quantitative estimate of drug-likeness (QED) is 0.441. The molecular weight excluding hydrogens is 555 g/mol. The molecule has 13 heteroatoms. The Bertz CT molecular complexity index is 1600. The Kier molecular flexibility index (Phi) is 8.14. The predicted octanol–water partition coefficient (Wildman–Crippen LogP) is 4.47. The van der Waals surface area contributed by atoms with Crippen LogP contribution in [0.4, 0.5) is 29.7 Å². The SMILES string of the molecule is C[C@@H]1CN(c2cc(F)c(C3=CCN(c4ncc(C#N)s4)CC3)cc2NC(=O)c2c[nH]c(=O)cc2C(F)F)CCN1C. The Hall–Kier alpha value is -4.15. The maximum atomic E-state index is 15.7. The van der Waals surface area contributed by atoms with Gasteiger partial charge in [-0.05, 0) is 38.1 Å². The molecule has 1 saturated heterocycles. The molecule has 2 aliphatic rings. The van der Waals surface area contributed by atoms with E-state index in [1.165, 1.54) is 23.6 Å². The van der Waals surface area contributed by atoms with Crippen molar-refractivity contribution < 1.29 is 18.0 Å². The van der Waals surface area contributed by atoms with Crippen molar-refractivity contribution in [1.29, 1.82) is 5.26 Å². The number of carbonyl (C=O) groups is 1. The second kappa shape index (κ2) is 11.8. The van der Waals surface area contributed by atoms with Crippen molar-refractivity contribution in [2.75, 3.05) is 54.9 Å². The van der Waals surface area contributed by atoms with Gasteiger partial charge in [0.25, 0.3) is 12.3 Å². The summed E-state index contributed by atoms with van der Waals surface area (Å²) in [6.07, 6.45) is 1.84.